The van der Waals surface area contributed by atoms with Gasteiger partial charge in [-0.2, -0.15) is 0 Å². The van der Waals surface area contributed by atoms with Gasteiger partial charge < -0.3 is 14.5 Å². The van der Waals surface area contributed by atoms with Crippen LogP contribution in [0.2, 0.25) is 0 Å². The summed E-state index contributed by atoms with van der Waals surface area (Å²) in [6.07, 6.45) is 4.84. The molecule has 0 saturated carbocycles. The van der Waals surface area contributed by atoms with Gasteiger partial charge in [-0.15, -0.1) is 10.2 Å². The number of benzene rings is 1. The number of ether oxygens (including phenoxy) is 2. The molecule has 1 aromatic carbocycles. The van der Waals surface area contributed by atoms with Crippen LogP contribution in [-0.2, 0) is 16.0 Å². The summed E-state index contributed by atoms with van der Waals surface area (Å²) in [6, 6.07) is 8.35. The molecule has 2 saturated heterocycles. The molecule has 0 amide bonds. The lowest BCUT2D eigenvalue weighted by Crippen LogP contribution is -2.42. The quantitative estimate of drug-likeness (QED) is 0.583. The third kappa shape index (κ3) is 4.27. The molecule has 2 aliphatic heterocycles. The Morgan fingerprint density at radius 3 is 3.00 bits per heavy atom. The van der Waals surface area contributed by atoms with Crippen LogP contribution in [0.25, 0.3) is 22.3 Å². The minimum atomic E-state index is 0.240. The van der Waals surface area contributed by atoms with Gasteiger partial charge in [-0.1, -0.05) is 30.0 Å². The first-order valence-electron chi connectivity index (χ1n) is 10.9. The van der Waals surface area contributed by atoms with E-state index in [2.05, 4.69) is 49.8 Å². The first-order valence-corrected chi connectivity index (χ1v) is 11.8. The molecule has 0 aliphatic carbocycles. The molecule has 0 unspecified atom stereocenters. The monoisotopic (exact) mass is 427 g/mol. The number of H-pyrrole nitrogens is 1. The van der Waals surface area contributed by atoms with Crippen molar-refractivity contribution in [2.45, 2.75) is 43.7 Å². The standard InChI is InChI=1S/C22H29N5O2S/c1-16-14-26(8-11-28-16)9-12-30-22-25-24-21(27(22)15-17-5-4-10-29-17)19-13-23-20-7-3-2-6-18(19)20/h2-3,6-7,13,16-17,23H,4-5,8-12,14-15H2,1H3/t16-,17-/m0/s1. The van der Waals surface area contributed by atoms with Crippen molar-refractivity contribution >= 4 is 22.7 Å². The fourth-order valence-corrected chi connectivity index (χ4v) is 5.31. The number of nitrogens with one attached hydrogen (secondary N) is 1. The van der Waals surface area contributed by atoms with Crippen LogP contribution in [0, 0.1) is 0 Å². The van der Waals surface area contributed by atoms with Gasteiger partial charge in [0.05, 0.1) is 25.4 Å². The molecule has 160 valence electrons. The minimum absolute atomic E-state index is 0.240. The van der Waals surface area contributed by atoms with Crippen molar-refractivity contribution in [2.24, 2.45) is 0 Å². The summed E-state index contributed by atoms with van der Waals surface area (Å²) in [7, 11) is 0. The highest BCUT2D eigenvalue weighted by atomic mass is 32.2. The van der Waals surface area contributed by atoms with Gasteiger partial charge in [0.25, 0.3) is 0 Å². The van der Waals surface area contributed by atoms with E-state index in [1.54, 1.807) is 11.8 Å². The van der Waals surface area contributed by atoms with Crippen LogP contribution in [0.3, 0.4) is 0 Å². The zero-order valence-electron chi connectivity index (χ0n) is 17.4. The maximum atomic E-state index is 5.94. The van der Waals surface area contributed by atoms with Gasteiger partial charge in [-0.3, -0.25) is 9.47 Å². The molecule has 2 aromatic heterocycles. The number of rotatable bonds is 7. The van der Waals surface area contributed by atoms with Crippen molar-refractivity contribution in [3.05, 3.63) is 30.5 Å². The second-order valence-electron chi connectivity index (χ2n) is 8.13. The molecule has 5 rings (SSSR count). The highest BCUT2D eigenvalue weighted by Gasteiger charge is 2.23. The van der Waals surface area contributed by atoms with Crippen molar-refractivity contribution in [3.63, 3.8) is 0 Å². The Morgan fingerprint density at radius 1 is 1.20 bits per heavy atom. The molecule has 4 heterocycles. The number of hydrogen-bond donors (Lipinski definition) is 1. The molecule has 7 nitrogen and oxygen atoms in total. The molecule has 0 radical (unpaired) electrons. The second kappa shape index (κ2) is 9.09. The maximum absolute atomic E-state index is 5.94. The van der Waals surface area contributed by atoms with Gasteiger partial charge in [0, 0.05) is 54.7 Å². The molecule has 0 bridgehead atoms. The molecule has 3 aromatic rings. The SMILES string of the molecule is C[C@H]1CN(CCSc2nnc(-c3c[nH]c4ccccc34)n2C[C@@H]2CCCO2)CCO1. The van der Waals surface area contributed by atoms with E-state index < -0.39 is 0 Å². The smallest absolute Gasteiger partial charge is 0.191 e. The molecular formula is C22H29N5O2S. The van der Waals surface area contributed by atoms with E-state index in [-0.39, 0.29) is 6.10 Å². The van der Waals surface area contributed by atoms with Crippen molar-refractivity contribution in [3.8, 4) is 11.4 Å². The molecule has 1 N–H and O–H groups in total. The van der Waals surface area contributed by atoms with E-state index in [4.69, 9.17) is 9.47 Å². The van der Waals surface area contributed by atoms with E-state index in [9.17, 15) is 0 Å². The number of para-hydroxylation sites is 1. The molecule has 2 atom stereocenters. The number of morpholine rings is 1. The molecule has 2 aliphatic rings. The van der Waals surface area contributed by atoms with Crippen molar-refractivity contribution in [1.82, 2.24) is 24.6 Å². The summed E-state index contributed by atoms with van der Waals surface area (Å²) >= 11 is 1.79. The molecule has 8 heteroatoms. The highest BCUT2D eigenvalue weighted by molar-refractivity contribution is 7.99. The molecule has 2 fully saturated rings. The average Bonchev–Trinajstić information content (AvgIpc) is 3.49. The maximum Gasteiger partial charge on any atom is 0.191 e. The Morgan fingerprint density at radius 2 is 2.13 bits per heavy atom. The van der Waals surface area contributed by atoms with Crippen molar-refractivity contribution in [1.29, 1.82) is 0 Å². The van der Waals surface area contributed by atoms with E-state index in [1.807, 2.05) is 12.3 Å². The van der Waals surface area contributed by atoms with E-state index >= 15 is 0 Å². The Balaban J connectivity index is 1.37. The summed E-state index contributed by atoms with van der Waals surface area (Å²) in [6.45, 7) is 7.67. The van der Waals surface area contributed by atoms with Crippen LogP contribution in [0.15, 0.2) is 35.6 Å². The summed E-state index contributed by atoms with van der Waals surface area (Å²) in [5.41, 5.74) is 2.22. The predicted octanol–water partition coefficient (Wildman–Crippen LogP) is 3.42. The third-order valence-corrected chi connectivity index (χ3v) is 6.87. The molecular weight excluding hydrogens is 398 g/mol. The Bertz CT molecular complexity index is 981. The van der Waals surface area contributed by atoms with E-state index in [0.717, 1.165) is 80.0 Å². The average molecular weight is 428 g/mol. The topological polar surface area (TPSA) is 68.2 Å². The van der Waals surface area contributed by atoms with Gasteiger partial charge >= 0.3 is 0 Å². The fraction of sp³-hybridized carbons (Fsp3) is 0.545. The van der Waals surface area contributed by atoms with E-state index in [1.165, 1.54) is 5.39 Å². The summed E-state index contributed by atoms with van der Waals surface area (Å²) in [5.74, 6) is 1.91. The molecule has 0 spiro atoms. The highest BCUT2D eigenvalue weighted by Crippen LogP contribution is 2.31. The van der Waals surface area contributed by atoms with Crippen molar-refractivity contribution in [2.75, 3.05) is 38.6 Å². The third-order valence-electron chi connectivity index (χ3n) is 5.92. The zero-order valence-corrected chi connectivity index (χ0v) is 18.2. The second-order valence-corrected chi connectivity index (χ2v) is 9.19. The summed E-state index contributed by atoms with van der Waals surface area (Å²) in [5, 5.41) is 11.3. The largest absolute Gasteiger partial charge is 0.376 e. The van der Waals surface area contributed by atoms with Crippen LogP contribution in [-0.4, -0.2) is 75.5 Å². The predicted molar refractivity (Wildman–Crippen MR) is 119 cm³/mol. The summed E-state index contributed by atoms with van der Waals surface area (Å²) in [4.78, 5) is 5.84. The lowest BCUT2D eigenvalue weighted by molar-refractivity contribution is -0.0158. The van der Waals surface area contributed by atoms with Gasteiger partial charge in [0.2, 0.25) is 0 Å². The molecule has 30 heavy (non-hydrogen) atoms. The fourth-order valence-electron chi connectivity index (χ4n) is 4.37. The van der Waals surface area contributed by atoms with Gasteiger partial charge in [0.1, 0.15) is 0 Å². The van der Waals surface area contributed by atoms with Crippen molar-refractivity contribution < 1.29 is 9.47 Å². The normalized spacial score (nSPS) is 22.8. The number of hydrogen-bond acceptors (Lipinski definition) is 6. The first kappa shape index (κ1) is 20.1. The zero-order chi connectivity index (χ0) is 20.3. The Hall–Kier alpha value is -1.87. The Labute approximate surface area is 181 Å². The number of aromatic amines is 1. The number of aromatic nitrogens is 4. The van der Waals surface area contributed by atoms with Gasteiger partial charge in [0.15, 0.2) is 11.0 Å². The van der Waals surface area contributed by atoms with Crippen LogP contribution >= 0.6 is 11.8 Å². The van der Waals surface area contributed by atoms with Gasteiger partial charge in [-0.05, 0) is 25.8 Å². The number of thioether (sulfide) groups is 1. The van der Waals surface area contributed by atoms with Crippen LogP contribution < -0.4 is 0 Å². The van der Waals surface area contributed by atoms with E-state index in [0.29, 0.717) is 6.10 Å². The Kier molecular flexibility index (Phi) is 6.08. The van der Waals surface area contributed by atoms with Gasteiger partial charge in [-0.25, -0.2) is 0 Å². The van der Waals surface area contributed by atoms with Crippen LogP contribution in [0.1, 0.15) is 19.8 Å². The first-order chi connectivity index (χ1) is 14.8. The van der Waals surface area contributed by atoms with Crippen LogP contribution in [0.5, 0.6) is 0 Å². The van der Waals surface area contributed by atoms with Crippen LogP contribution in [0.4, 0.5) is 0 Å². The lowest BCUT2D eigenvalue weighted by atomic mass is 10.1. The summed E-state index contributed by atoms with van der Waals surface area (Å²) < 4.78 is 13.9. The number of nitrogens with zero attached hydrogens (tertiary/aromatic N) is 4. The minimum Gasteiger partial charge on any atom is -0.376 e. The lowest BCUT2D eigenvalue weighted by Gasteiger charge is -2.30. The number of fused-ring (bicyclic) bond motifs is 1.